The molecule has 0 aromatic heterocycles. The second-order valence-electron chi connectivity index (χ2n) is 5.78. The summed E-state index contributed by atoms with van der Waals surface area (Å²) in [6.45, 7) is 0.365. The summed E-state index contributed by atoms with van der Waals surface area (Å²) in [6, 6.07) is 20.9. The minimum atomic E-state index is -0.184. The Labute approximate surface area is 165 Å². The van der Waals surface area contributed by atoms with Gasteiger partial charge in [0.1, 0.15) is 0 Å². The molecule has 3 aromatic carbocycles. The maximum Gasteiger partial charge on any atom is 0.326 e. The van der Waals surface area contributed by atoms with Crippen molar-refractivity contribution in [1.29, 1.82) is 0 Å². The van der Waals surface area contributed by atoms with Crippen LogP contribution in [-0.4, -0.2) is 6.03 Å². The molecule has 2 amide bonds. The van der Waals surface area contributed by atoms with Crippen LogP contribution < -0.4 is 10.2 Å². The monoisotopic (exact) mass is 400 g/mol. The highest BCUT2D eigenvalue weighted by atomic mass is 35.5. The first kappa shape index (κ1) is 17.3. The van der Waals surface area contributed by atoms with Gasteiger partial charge in [-0.15, -0.1) is 0 Å². The minimum Gasteiger partial charge on any atom is -0.333 e. The summed E-state index contributed by atoms with van der Waals surface area (Å²) in [5.41, 5.74) is 2.64. The average molecular weight is 401 g/mol. The zero-order chi connectivity index (χ0) is 18.1. The molecule has 1 heterocycles. The van der Waals surface area contributed by atoms with E-state index in [4.69, 9.17) is 23.2 Å². The smallest absolute Gasteiger partial charge is 0.326 e. The lowest BCUT2D eigenvalue weighted by Crippen LogP contribution is -2.37. The third-order valence-corrected chi connectivity index (χ3v) is 5.93. The quantitative estimate of drug-likeness (QED) is 0.531. The lowest BCUT2D eigenvalue weighted by Gasteiger charge is -2.31. The Morgan fingerprint density at radius 2 is 1.50 bits per heavy atom. The van der Waals surface area contributed by atoms with Gasteiger partial charge in [0.2, 0.25) is 0 Å². The predicted octanol–water partition coefficient (Wildman–Crippen LogP) is 6.51. The number of nitrogens with one attached hydrogen (secondary N) is 1. The summed E-state index contributed by atoms with van der Waals surface area (Å²) in [4.78, 5) is 16.8. The van der Waals surface area contributed by atoms with Crippen LogP contribution in [0.2, 0.25) is 10.0 Å². The van der Waals surface area contributed by atoms with Crippen LogP contribution >= 0.6 is 35.0 Å². The van der Waals surface area contributed by atoms with Crippen molar-refractivity contribution in [2.75, 3.05) is 4.90 Å². The summed E-state index contributed by atoms with van der Waals surface area (Å²) in [5, 5.41) is 3.95. The zero-order valence-corrected chi connectivity index (χ0v) is 15.9. The van der Waals surface area contributed by atoms with Crippen molar-refractivity contribution < 1.29 is 4.79 Å². The Balaban J connectivity index is 1.62. The van der Waals surface area contributed by atoms with Crippen molar-refractivity contribution in [3.05, 3.63) is 82.3 Å². The van der Waals surface area contributed by atoms with E-state index in [-0.39, 0.29) is 6.03 Å². The lowest BCUT2D eigenvalue weighted by molar-refractivity contribution is 0.248. The van der Waals surface area contributed by atoms with Gasteiger partial charge in [-0.05, 0) is 42.0 Å². The van der Waals surface area contributed by atoms with Gasteiger partial charge in [0.15, 0.2) is 0 Å². The van der Waals surface area contributed by atoms with Crippen molar-refractivity contribution in [1.82, 2.24) is 5.32 Å². The van der Waals surface area contributed by atoms with E-state index in [0.717, 1.165) is 26.7 Å². The zero-order valence-electron chi connectivity index (χ0n) is 13.6. The van der Waals surface area contributed by atoms with Gasteiger partial charge in [0.05, 0.1) is 21.4 Å². The summed E-state index contributed by atoms with van der Waals surface area (Å²) < 4.78 is 0. The third-order valence-electron chi connectivity index (χ3n) is 4.06. The van der Waals surface area contributed by atoms with Crippen LogP contribution in [0, 0.1) is 0 Å². The molecule has 0 aliphatic carbocycles. The normalized spacial score (nSPS) is 12.3. The summed E-state index contributed by atoms with van der Waals surface area (Å²) in [6.07, 6.45) is 0. The van der Waals surface area contributed by atoms with Crippen LogP contribution in [0.1, 0.15) is 5.56 Å². The van der Waals surface area contributed by atoms with Gasteiger partial charge in [0, 0.05) is 16.3 Å². The van der Waals surface area contributed by atoms with E-state index in [1.807, 2.05) is 54.6 Å². The number of carbonyl (C=O) groups excluding carboxylic acids is 1. The second kappa shape index (κ2) is 7.23. The van der Waals surface area contributed by atoms with Gasteiger partial charge in [-0.1, -0.05) is 65.3 Å². The second-order valence-corrected chi connectivity index (χ2v) is 7.68. The maximum atomic E-state index is 13.0. The van der Waals surface area contributed by atoms with Crippen LogP contribution in [0.15, 0.2) is 76.5 Å². The molecule has 6 heteroatoms. The number of anilines is 2. The van der Waals surface area contributed by atoms with Gasteiger partial charge in [-0.25, -0.2) is 4.79 Å². The summed E-state index contributed by atoms with van der Waals surface area (Å²) in [5.74, 6) is 0. The Morgan fingerprint density at radius 3 is 2.12 bits per heavy atom. The Bertz CT molecular complexity index is 948. The van der Waals surface area contributed by atoms with Crippen LogP contribution in [0.5, 0.6) is 0 Å². The van der Waals surface area contributed by atoms with E-state index in [2.05, 4.69) is 5.32 Å². The number of urea groups is 1. The molecule has 0 bridgehead atoms. The van der Waals surface area contributed by atoms with Crippen LogP contribution in [0.3, 0.4) is 0 Å². The number of fused-ring (bicyclic) bond motifs is 2. The molecule has 0 unspecified atom stereocenters. The fraction of sp³-hybridized carbons (Fsp3) is 0.0500. The number of para-hydroxylation sites is 2. The molecule has 0 atom stereocenters. The van der Waals surface area contributed by atoms with E-state index in [1.165, 1.54) is 0 Å². The van der Waals surface area contributed by atoms with E-state index in [0.29, 0.717) is 16.6 Å². The fourth-order valence-electron chi connectivity index (χ4n) is 2.83. The first-order valence-corrected chi connectivity index (χ1v) is 9.58. The van der Waals surface area contributed by atoms with Crippen LogP contribution in [-0.2, 0) is 6.54 Å². The SMILES string of the molecule is O=C(NCc1ccc(Cl)c(Cl)c1)N1c2ccccc2Sc2ccccc21. The Hall–Kier alpha value is -2.14. The highest BCUT2D eigenvalue weighted by molar-refractivity contribution is 7.99. The standard InChI is InChI=1S/C20H14Cl2N2OS/c21-14-10-9-13(11-15(14)22)12-23-20(25)24-16-5-1-3-7-18(16)26-19-8-4-2-6-17(19)24/h1-11H,12H2,(H,23,25). The van der Waals surface area contributed by atoms with Gasteiger partial charge < -0.3 is 5.32 Å². The number of nitrogens with zero attached hydrogens (tertiary/aromatic N) is 1. The van der Waals surface area contributed by atoms with Gasteiger partial charge in [-0.2, -0.15) is 0 Å². The number of benzene rings is 3. The summed E-state index contributed by atoms with van der Waals surface area (Å²) >= 11 is 13.7. The van der Waals surface area contributed by atoms with Crippen LogP contribution in [0.4, 0.5) is 16.2 Å². The van der Waals surface area contributed by atoms with E-state index in [9.17, 15) is 4.79 Å². The van der Waals surface area contributed by atoms with Crippen LogP contribution in [0.25, 0.3) is 0 Å². The van der Waals surface area contributed by atoms with Gasteiger partial charge >= 0.3 is 6.03 Å². The molecular formula is C20H14Cl2N2OS. The number of hydrogen-bond donors (Lipinski definition) is 1. The molecule has 3 aromatic rings. The van der Waals surface area contributed by atoms with Crippen molar-refractivity contribution >= 4 is 52.4 Å². The Morgan fingerprint density at radius 1 is 0.885 bits per heavy atom. The predicted molar refractivity (Wildman–Crippen MR) is 108 cm³/mol. The maximum absolute atomic E-state index is 13.0. The molecule has 1 aliphatic rings. The number of halogens is 2. The number of hydrogen-bond acceptors (Lipinski definition) is 2. The highest BCUT2D eigenvalue weighted by Gasteiger charge is 2.27. The fourth-order valence-corrected chi connectivity index (χ4v) is 4.21. The molecular weight excluding hydrogens is 387 g/mol. The molecule has 3 nitrogen and oxygen atoms in total. The summed E-state index contributed by atoms with van der Waals surface area (Å²) in [7, 11) is 0. The molecule has 0 spiro atoms. The molecule has 0 fully saturated rings. The van der Waals surface area contributed by atoms with Gasteiger partial charge in [-0.3, -0.25) is 4.90 Å². The molecule has 1 aliphatic heterocycles. The molecule has 26 heavy (non-hydrogen) atoms. The molecule has 0 radical (unpaired) electrons. The van der Waals surface area contributed by atoms with E-state index >= 15 is 0 Å². The topological polar surface area (TPSA) is 32.3 Å². The molecule has 130 valence electrons. The van der Waals surface area contributed by atoms with Crippen molar-refractivity contribution in [2.45, 2.75) is 16.3 Å². The van der Waals surface area contributed by atoms with Crippen molar-refractivity contribution in [3.8, 4) is 0 Å². The number of amides is 2. The minimum absolute atomic E-state index is 0.184. The number of rotatable bonds is 2. The lowest BCUT2D eigenvalue weighted by atomic mass is 10.2. The Kier molecular flexibility index (Phi) is 4.81. The first-order valence-electron chi connectivity index (χ1n) is 8.01. The third kappa shape index (κ3) is 3.28. The highest BCUT2D eigenvalue weighted by Crippen LogP contribution is 2.47. The van der Waals surface area contributed by atoms with Crippen molar-refractivity contribution in [3.63, 3.8) is 0 Å². The molecule has 0 saturated heterocycles. The molecule has 4 rings (SSSR count). The van der Waals surface area contributed by atoms with E-state index in [1.54, 1.807) is 28.8 Å². The van der Waals surface area contributed by atoms with E-state index < -0.39 is 0 Å². The first-order chi connectivity index (χ1) is 12.6. The molecule has 0 saturated carbocycles. The largest absolute Gasteiger partial charge is 0.333 e. The molecule has 1 N–H and O–H groups in total. The van der Waals surface area contributed by atoms with Gasteiger partial charge in [0.25, 0.3) is 0 Å². The van der Waals surface area contributed by atoms with Crippen molar-refractivity contribution in [2.24, 2.45) is 0 Å². The number of carbonyl (C=O) groups is 1. The average Bonchev–Trinajstić information content (AvgIpc) is 2.66.